The van der Waals surface area contributed by atoms with Gasteiger partial charge in [0.15, 0.2) is 0 Å². The van der Waals surface area contributed by atoms with Crippen molar-refractivity contribution in [2.75, 3.05) is 25.0 Å². The number of ether oxygens (including phenoxy) is 1. The molecule has 4 rings (SSSR count). The summed E-state index contributed by atoms with van der Waals surface area (Å²) in [6, 6.07) is 7.77. The zero-order valence-corrected chi connectivity index (χ0v) is 19.2. The Morgan fingerprint density at radius 3 is 2.61 bits per heavy atom. The SMILES string of the molecule is CN(C(=O)c1ccc(C2CCN(C(=O)OC(C)(C)C)CC2)s1)c1ccn2ccnc2c1. The number of piperidine rings is 1. The van der Waals surface area contributed by atoms with Crippen LogP contribution in [0.4, 0.5) is 10.5 Å². The summed E-state index contributed by atoms with van der Waals surface area (Å²) in [7, 11) is 1.79. The molecule has 0 radical (unpaired) electrons. The molecule has 3 aromatic rings. The highest BCUT2D eigenvalue weighted by Crippen LogP contribution is 2.34. The Bertz CT molecular complexity index is 1090. The Hall–Kier alpha value is -2.87. The monoisotopic (exact) mass is 440 g/mol. The number of thiophene rings is 1. The van der Waals surface area contributed by atoms with Gasteiger partial charge in [-0.1, -0.05) is 0 Å². The van der Waals surface area contributed by atoms with Crippen molar-refractivity contribution in [1.29, 1.82) is 0 Å². The molecule has 8 heteroatoms. The summed E-state index contributed by atoms with van der Waals surface area (Å²) in [6.45, 7) is 6.99. The van der Waals surface area contributed by atoms with Crippen molar-refractivity contribution in [3.8, 4) is 0 Å². The minimum absolute atomic E-state index is 0.0293. The van der Waals surface area contributed by atoms with E-state index in [1.807, 2.05) is 55.8 Å². The van der Waals surface area contributed by atoms with Crippen LogP contribution in [0.15, 0.2) is 42.9 Å². The average molecular weight is 441 g/mol. The summed E-state index contributed by atoms with van der Waals surface area (Å²) < 4.78 is 7.39. The molecule has 2 amide bonds. The van der Waals surface area contributed by atoms with Crippen molar-refractivity contribution in [1.82, 2.24) is 14.3 Å². The molecular formula is C23H28N4O3S. The Labute approximate surface area is 186 Å². The second-order valence-corrected chi connectivity index (χ2v) is 10.0. The first-order chi connectivity index (χ1) is 14.7. The van der Waals surface area contributed by atoms with E-state index in [1.165, 1.54) is 4.88 Å². The topological polar surface area (TPSA) is 67.2 Å². The summed E-state index contributed by atoms with van der Waals surface area (Å²) >= 11 is 1.55. The van der Waals surface area contributed by atoms with Crippen molar-refractivity contribution >= 4 is 34.7 Å². The number of carbonyl (C=O) groups is 2. The lowest BCUT2D eigenvalue weighted by atomic mass is 9.95. The van der Waals surface area contributed by atoms with Crippen molar-refractivity contribution in [3.63, 3.8) is 0 Å². The van der Waals surface area contributed by atoms with E-state index < -0.39 is 5.60 Å². The van der Waals surface area contributed by atoms with Crippen LogP contribution in [0.3, 0.4) is 0 Å². The van der Waals surface area contributed by atoms with Gasteiger partial charge < -0.3 is 18.9 Å². The molecule has 1 aliphatic rings. The molecule has 0 unspecified atom stereocenters. The van der Waals surface area contributed by atoms with Crippen LogP contribution in [-0.2, 0) is 4.74 Å². The highest BCUT2D eigenvalue weighted by molar-refractivity contribution is 7.14. The highest BCUT2D eigenvalue weighted by Gasteiger charge is 2.28. The lowest BCUT2D eigenvalue weighted by Gasteiger charge is -2.33. The molecule has 0 saturated carbocycles. The van der Waals surface area contributed by atoms with Gasteiger partial charge in [-0.25, -0.2) is 9.78 Å². The first-order valence-electron chi connectivity index (χ1n) is 10.5. The summed E-state index contributed by atoms with van der Waals surface area (Å²) in [4.78, 5) is 34.9. The number of imidazole rings is 1. The highest BCUT2D eigenvalue weighted by atomic mass is 32.1. The van der Waals surface area contributed by atoms with E-state index in [0.29, 0.717) is 19.0 Å². The lowest BCUT2D eigenvalue weighted by molar-refractivity contribution is 0.0205. The molecule has 0 atom stereocenters. The lowest BCUT2D eigenvalue weighted by Crippen LogP contribution is -2.41. The summed E-state index contributed by atoms with van der Waals surface area (Å²) in [5.74, 6) is 0.329. The number of hydrogen-bond acceptors (Lipinski definition) is 5. The first kappa shape index (κ1) is 21.4. The molecule has 0 spiro atoms. The molecule has 1 saturated heterocycles. The van der Waals surface area contributed by atoms with Gasteiger partial charge in [-0.2, -0.15) is 0 Å². The summed E-state index contributed by atoms with van der Waals surface area (Å²) in [6.07, 6.45) is 7.02. The van der Waals surface area contributed by atoms with E-state index in [0.717, 1.165) is 29.1 Å². The van der Waals surface area contributed by atoms with Crippen molar-refractivity contribution in [2.45, 2.75) is 45.1 Å². The van der Waals surface area contributed by atoms with Crippen molar-refractivity contribution < 1.29 is 14.3 Å². The maximum atomic E-state index is 13.0. The number of fused-ring (bicyclic) bond motifs is 1. The van der Waals surface area contributed by atoms with E-state index in [1.54, 1.807) is 34.4 Å². The van der Waals surface area contributed by atoms with E-state index in [4.69, 9.17) is 4.74 Å². The normalized spacial score (nSPS) is 15.3. The minimum atomic E-state index is -0.481. The number of hydrogen-bond donors (Lipinski definition) is 0. The van der Waals surface area contributed by atoms with Crippen LogP contribution in [0, 0.1) is 0 Å². The predicted octanol–water partition coefficient (Wildman–Crippen LogP) is 4.79. The minimum Gasteiger partial charge on any atom is -0.444 e. The Kier molecular flexibility index (Phi) is 5.75. The predicted molar refractivity (Wildman–Crippen MR) is 122 cm³/mol. The standard InChI is InChI=1S/C23H28N4O3S/c1-23(2,3)30-22(29)27-11-7-16(8-12-27)18-5-6-19(31-18)21(28)25(4)17-9-13-26-14-10-24-20(26)15-17/h5-6,9-10,13-16H,7-8,11-12H2,1-4H3. The fourth-order valence-corrected chi connectivity index (χ4v) is 4.90. The summed E-state index contributed by atoms with van der Waals surface area (Å²) in [5.41, 5.74) is 1.13. The van der Waals surface area contributed by atoms with Crippen molar-refractivity contribution in [3.05, 3.63) is 52.6 Å². The second kappa shape index (κ2) is 8.34. The van der Waals surface area contributed by atoms with Crippen LogP contribution < -0.4 is 4.90 Å². The van der Waals surface area contributed by atoms with Gasteiger partial charge in [0.25, 0.3) is 5.91 Å². The zero-order valence-electron chi connectivity index (χ0n) is 18.4. The molecule has 1 fully saturated rings. The molecule has 31 heavy (non-hydrogen) atoms. The third-order valence-corrected chi connectivity index (χ3v) is 6.70. The van der Waals surface area contributed by atoms with E-state index >= 15 is 0 Å². The molecule has 7 nitrogen and oxygen atoms in total. The van der Waals surface area contributed by atoms with E-state index in [2.05, 4.69) is 11.1 Å². The number of amides is 2. The number of pyridine rings is 1. The van der Waals surface area contributed by atoms with Crippen molar-refractivity contribution in [2.24, 2.45) is 0 Å². The molecular weight excluding hydrogens is 412 g/mol. The van der Waals surface area contributed by atoms with Gasteiger partial charge in [-0.05, 0) is 57.7 Å². The second-order valence-electron chi connectivity index (χ2n) is 8.89. The number of carbonyl (C=O) groups excluding carboxylic acids is 2. The van der Waals surface area contributed by atoms with Gasteiger partial charge >= 0.3 is 6.09 Å². The molecule has 0 aromatic carbocycles. The first-order valence-corrected chi connectivity index (χ1v) is 11.3. The maximum absolute atomic E-state index is 13.0. The van der Waals surface area contributed by atoms with Gasteiger partial charge in [0.05, 0.1) is 4.88 Å². The number of anilines is 1. The van der Waals surface area contributed by atoms with Gasteiger partial charge in [0, 0.05) is 55.4 Å². The number of aromatic nitrogens is 2. The van der Waals surface area contributed by atoms with Gasteiger partial charge in [-0.3, -0.25) is 4.79 Å². The fourth-order valence-electron chi connectivity index (χ4n) is 3.75. The number of rotatable bonds is 3. The zero-order chi connectivity index (χ0) is 22.2. The molecule has 0 N–H and O–H groups in total. The van der Waals surface area contributed by atoms with Gasteiger partial charge in [-0.15, -0.1) is 11.3 Å². The Morgan fingerprint density at radius 1 is 1.16 bits per heavy atom. The molecule has 164 valence electrons. The van der Waals surface area contributed by atoms with Gasteiger partial charge in [0.1, 0.15) is 11.2 Å². The van der Waals surface area contributed by atoms with E-state index in [9.17, 15) is 9.59 Å². The van der Waals surface area contributed by atoms with Crippen LogP contribution in [0.1, 0.15) is 54.1 Å². The van der Waals surface area contributed by atoms with Crippen LogP contribution in [-0.4, -0.2) is 52.0 Å². The molecule has 3 aromatic heterocycles. The average Bonchev–Trinajstić information content (AvgIpc) is 3.40. The fraction of sp³-hybridized carbons (Fsp3) is 0.435. The molecule has 1 aliphatic heterocycles. The molecule has 0 aliphatic carbocycles. The van der Waals surface area contributed by atoms with Crippen LogP contribution in [0.2, 0.25) is 0 Å². The number of nitrogens with zero attached hydrogens (tertiary/aromatic N) is 4. The largest absolute Gasteiger partial charge is 0.444 e. The summed E-state index contributed by atoms with van der Waals surface area (Å²) in [5, 5.41) is 0. The van der Waals surface area contributed by atoms with Crippen LogP contribution in [0.25, 0.3) is 5.65 Å². The molecule has 4 heterocycles. The Morgan fingerprint density at radius 2 is 1.90 bits per heavy atom. The van der Waals surface area contributed by atoms with Crippen LogP contribution >= 0.6 is 11.3 Å². The Balaban J connectivity index is 1.39. The number of likely N-dealkylation sites (tertiary alicyclic amines) is 1. The third-order valence-electron chi connectivity index (χ3n) is 5.46. The van der Waals surface area contributed by atoms with E-state index in [-0.39, 0.29) is 12.0 Å². The maximum Gasteiger partial charge on any atom is 0.410 e. The van der Waals surface area contributed by atoms with Crippen LogP contribution in [0.5, 0.6) is 0 Å². The molecule has 0 bridgehead atoms. The smallest absolute Gasteiger partial charge is 0.410 e. The van der Waals surface area contributed by atoms with Gasteiger partial charge in [0.2, 0.25) is 0 Å². The third kappa shape index (κ3) is 4.74. The quantitative estimate of drug-likeness (QED) is 0.587.